The van der Waals surface area contributed by atoms with Crippen LogP contribution in [0.1, 0.15) is 37.3 Å². The van der Waals surface area contributed by atoms with E-state index in [9.17, 15) is 12.8 Å². The van der Waals surface area contributed by atoms with Crippen molar-refractivity contribution in [2.45, 2.75) is 51.0 Å². The minimum absolute atomic E-state index is 0.133. The first-order valence-corrected chi connectivity index (χ1v) is 8.10. The summed E-state index contributed by atoms with van der Waals surface area (Å²) in [7, 11) is -3.51. The number of aryl methyl sites for hydroxylation is 2. The first-order valence-electron chi connectivity index (χ1n) is 6.66. The van der Waals surface area contributed by atoms with Crippen LogP contribution in [0.15, 0.2) is 17.0 Å². The third-order valence-corrected chi connectivity index (χ3v) is 5.65. The van der Waals surface area contributed by atoms with Crippen molar-refractivity contribution in [3.8, 4) is 0 Å². The van der Waals surface area contributed by atoms with Gasteiger partial charge in [0.1, 0.15) is 5.82 Å². The summed E-state index contributed by atoms with van der Waals surface area (Å²) in [6.45, 7) is 5.80. The zero-order chi connectivity index (χ0) is 14.2. The highest BCUT2D eigenvalue weighted by Gasteiger charge is 2.38. The van der Waals surface area contributed by atoms with E-state index in [1.54, 1.807) is 18.2 Å². The molecule has 0 atom stereocenters. The quantitative estimate of drug-likeness (QED) is 0.834. The first-order chi connectivity index (χ1) is 8.87. The van der Waals surface area contributed by atoms with Gasteiger partial charge in [0.05, 0.1) is 4.90 Å². The number of benzene rings is 1. The molecule has 0 unspecified atom stereocenters. The van der Waals surface area contributed by atoms with Crippen LogP contribution in [0.5, 0.6) is 0 Å². The highest BCUT2D eigenvalue weighted by Crippen LogP contribution is 2.34. The van der Waals surface area contributed by atoms with Crippen LogP contribution in [0.4, 0.5) is 4.39 Å². The molecular weight excluding hydrogens is 265 g/mol. The maximum absolute atomic E-state index is 13.3. The maximum Gasteiger partial charge on any atom is 0.243 e. The highest BCUT2D eigenvalue weighted by atomic mass is 32.2. The van der Waals surface area contributed by atoms with E-state index < -0.39 is 10.0 Å². The zero-order valence-electron chi connectivity index (χ0n) is 11.6. The molecule has 19 heavy (non-hydrogen) atoms. The van der Waals surface area contributed by atoms with Crippen LogP contribution in [-0.4, -0.2) is 25.3 Å². The molecule has 0 radical (unpaired) electrons. The molecule has 1 aliphatic carbocycles. The van der Waals surface area contributed by atoms with Crippen LogP contribution in [0.2, 0.25) is 0 Å². The van der Waals surface area contributed by atoms with Gasteiger partial charge in [-0.25, -0.2) is 12.8 Å². The fraction of sp³-hybridized carbons (Fsp3) is 0.571. The number of rotatable bonds is 5. The molecule has 1 aliphatic rings. The minimum Gasteiger partial charge on any atom is -0.207 e. The van der Waals surface area contributed by atoms with Gasteiger partial charge in [-0.15, -0.1) is 0 Å². The lowest BCUT2D eigenvalue weighted by Crippen LogP contribution is -2.34. The lowest BCUT2D eigenvalue weighted by atomic mass is 10.1. The molecule has 0 heterocycles. The third kappa shape index (κ3) is 2.82. The van der Waals surface area contributed by atoms with E-state index in [4.69, 9.17) is 0 Å². The Bertz CT molecular complexity index is 556. The molecule has 5 heteroatoms. The van der Waals surface area contributed by atoms with Crippen LogP contribution in [0.3, 0.4) is 0 Å². The van der Waals surface area contributed by atoms with Gasteiger partial charge in [-0.05, 0) is 56.4 Å². The molecule has 0 aliphatic heterocycles. The van der Waals surface area contributed by atoms with E-state index in [0.29, 0.717) is 17.7 Å². The third-order valence-electron chi connectivity index (χ3n) is 3.39. The standard InChI is InChI=1S/C14H20FNO2S/c1-4-7-16(13-5-6-13)19(17,18)14-10(2)8-12(15)9-11(14)3/h8-9,13H,4-7H2,1-3H3. The average molecular weight is 285 g/mol. The average Bonchev–Trinajstić information content (AvgIpc) is 3.07. The molecular formula is C14H20FNO2S. The Hall–Kier alpha value is -0.940. The van der Waals surface area contributed by atoms with Crippen molar-refractivity contribution >= 4 is 10.0 Å². The summed E-state index contributed by atoms with van der Waals surface area (Å²) in [5.74, 6) is -0.387. The Balaban J connectivity index is 2.49. The molecule has 3 nitrogen and oxygen atoms in total. The van der Waals surface area contributed by atoms with Crippen LogP contribution < -0.4 is 0 Å². The van der Waals surface area contributed by atoms with Crippen LogP contribution in [0.25, 0.3) is 0 Å². The van der Waals surface area contributed by atoms with E-state index in [0.717, 1.165) is 19.3 Å². The van der Waals surface area contributed by atoms with Gasteiger partial charge in [0.25, 0.3) is 0 Å². The normalized spacial score (nSPS) is 16.1. The van der Waals surface area contributed by atoms with E-state index >= 15 is 0 Å². The lowest BCUT2D eigenvalue weighted by Gasteiger charge is -2.23. The van der Waals surface area contributed by atoms with Crippen molar-refractivity contribution in [3.05, 3.63) is 29.1 Å². The topological polar surface area (TPSA) is 37.4 Å². The smallest absolute Gasteiger partial charge is 0.207 e. The molecule has 0 saturated heterocycles. The van der Waals surface area contributed by atoms with Crippen LogP contribution in [-0.2, 0) is 10.0 Å². The summed E-state index contributed by atoms with van der Waals surface area (Å²) in [6, 6.07) is 2.71. The van der Waals surface area contributed by atoms with Crippen molar-refractivity contribution in [1.29, 1.82) is 0 Å². The molecule has 106 valence electrons. The van der Waals surface area contributed by atoms with E-state index in [-0.39, 0.29) is 16.8 Å². The van der Waals surface area contributed by atoms with E-state index in [1.165, 1.54) is 12.1 Å². The second-order valence-electron chi connectivity index (χ2n) is 5.22. The van der Waals surface area contributed by atoms with Crippen molar-refractivity contribution in [3.63, 3.8) is 0 Å². The predicted molar refractivity (Wildman–Crippen MR) is 73.1 cm³/mol. The number of nitrogens with zero attached hydrogens (tertiary/aromatic N) is 1. The first kappa shape index (κ1) is 14.5. The molecule has 2 rings (SSSR count). The Morgan fingerprint density at radius 2 is 1.79 bits per heavy atom. The molecule has 1 fully saturated rings. The Morgan fingerprint density at radius 3 is 2.21 bits per heavy atom. The lowest BCUT2D eigenvalue weighted by molar-refractivity contribution is 0.402. The summed E-state index contributed by atoms with van der Waals surface area (Å²) in [4.78, 5) is 0.272. The summed E-state index contributed by atoms with van der Waals surface area (Å²) < 4.78 is 40.4. The van der Waals surface area contributed by atoms with E-state index in [1.807, 2.05) is 6.92 Å². The zero-order valence-corrected chi connectivity index (χ0v) is 12.4. The molecule has 0 N–H and O–H groups in total. The molecule has 1 aromatic rings. The van der Waals surface area contributed by atoms with Gasteiger partial charge in [0.15, 0.2) is 0 Å². The fourth-order valence-electron chi connectivity index (χ4n) is 2.50. The minimum atomic E-state index is -3.51. The van der Waals surface area contributed by atoms with Crippen LogP contribution in [0, 0.1) is 19.7 Å². The predicted octanol–water partition coefficient (Wildman–Crippen LogP) is 3.01. The van der Waals surface area contributed by atoms with Gasteiger partial charge in [-0.2, -0.15) is 4.31 Å². The summed E-state index contributed by atoms with van der Waals surface area (Å²) in [5, 5.41) is 0. The number of halogens is 1. The largest absolute Gasteiger partial charge is 0.243 e. The van der Waals surface area contributed by atoms with Crippen LogP contribution >= 0.6 is 0 Å². The summed E-state index contributed by atoms with van der Waals surface area (Å²) in [6.07, 6.45) is 2.64. The second-order valence-corrected chi connectivity index (χ2v) is 7.04. The van der Waals surface area contributed by atoms with Gasteiger partial charge in [0, 0.05) is 12.6 Å². The fourth-order valence-corrected chi connectivity index (χ4v) is 4.70. The monoisotopic (exact) mass is 285 g/mol. The molecule has 0 spiro atoms. The second kappa shape index (κ2) is 5.21. The van der Waals surface area contributed by atoms with E-state index in [2.05, 4.69) is 0 Å². The SMILES string of the molecule is CCCN(C1CC1)S(=O)(=O)c1c(C)cc(F)cc1C. The van der Waals surface area contributed by atoms with Crippen molar-refractivity contribution in [1.82, 2.24) is 4.31 Å². The summed E-state index contributed by atoms with van der Waals surface area (Å²) >= 11 is 0. The van der Waals surface area contributed by atoms with Crippen molar-refractivity contribution in [2.24, 2.45) is 0 Å². The van der Waals surface area contributed by atoms with Gasteiger partial charge in [-0.1, -0.05) is 6.92 Å². The molecule has 0 amide bonds. The highest BCUT2D eigenvalue weighted by molar-refractivity contribution is 7.89. The number of sulfonamides is 1. The Morgan fingerprint density at radius 1 is 1.26 bits per heavy atom. The number of hydrogen-bond acceptors (Lipinski definition) is 2. The van der Waals surface area contributed by atoms with Gasteiger partial charge >= 0.3 is 0 Å². The van der Waals surface area contributed by atoms with Crippen molar-refractivity contribution < 1.29 is 12.8 Å². The van der Waals surface area contributed by atoms with Gasteiger partial charge in [-0.3, -0.25) is 0 Å². The molecule has 1 saturated carbocycles. The maximum atomic E-state index is 13.3. The Kier molecular flexibility index (Phi) is 3.97. The number of hydrogen-bond donors (Lipinski definition) is 0. The molecule has 1 aromatic carbocycles. The molecule has 0 aromatic heterocycles. The summed E-state index contributed by atoms with van der Waals surface area (Å²) in [5.41, 5.74) is 0.971. The Labute approximate surface area is 114 Å². The van der Waals surface area contributed by atoms with Gasteiger partial charge in [0.2, 0.25) is 10.0 Å². The molecule has 0 bridgehead atoms. The van der Waals surface area contributed by atoms with Gasteiger partial charge < -0.3 is 0 Å². The van der Waals surface area contributed by atoms with Crippen molar-refractivity contribution in [2.75, 3.05) is 6.54 Å².